The number of carbonyl (C=O) groups excluding carboxylic acids is 1. The Morgan fingerprint density at radius 1 is 1.05 bits per heavy atom. The summed E-state index contributed by atoms with van der Waals surface area (Å²) >= 11 is 0. The minimum absolute atomic E-state index is 0.470. The van der Waals surface area contributed by atoms with Crippen LogP contribution in [0.25, 0.3) is 0 Å². The Bertz CT molecular complexity index is 608. The number of aliphatic hydroxyl groups is 1. The van der Waals surface area contributed by atoms with Gasteiger partial charge < -0.3 is 15.7 Å². The Morgan fingerprint density at radius 2 is 1.57 bits per heavy atom. The molecule has 0 aromatic heterocycles. The zero-order chi connectivity index (χ0) is 15.5. The summed E-state index contributed by atoms with van der Waals surface area (Å²) in [6.45, 7) is 0.792. The van der Waals surface area contributed by atoms with Gasteiger partial charge in [0.25, 0.3) is 5.91 Å². The summed E-state index contributed by atoms with van der Waals surface area (Å²) in [5, 5.41) is 10.8. The fourth-order valence-electron chi connectivity index (χ4n) is 2.35. The number of carbonyl (C=O) groups is 1. The van der Waals surface area contributed by atoms with E-state index >= 15 is 0 Å². The first-order valence-electron chi connectivity index (χ1n) is 6.76. The van der Waals surface area contributed by atoms with E-state index < -0.39 is 11.5 Å². The van der Waals surface area contributed by atoms with Gasteiger partial charge in [-0.2, -0.15) is 0 Å². The number of hydrogen-bond donors (Lipinski definition) is 2. The van der Waals surface area contributed by atoms with Crippen molar-refractivity contribution in [3.05, 3.63) is 71.3 Å². The van der Waals surface area contributed by atoms with Gasteiger partial charge in [-0.05, 0) is 30.8 Å². The standard InChI is InChI=1S/C17H20N2O2/c1-19(2)12-13-8-10-15(11-9-13)17(21,16(18)20)14-6-4-3-5-7-14/h3-11,21H,12H2,1-2H3,(H2,18,20). The Morgan fingerprint density at radius 3 is 2.05 bits per heavy atom. The highest BCUT2D eigenvalue weighted by atomic mass is 16.3. The second kappa shape index (κ2) is 6.08. The first kappa shape index (κ1) is 15.2. The van der Waals surface area contributed by atoms with Crippen LogP contribution in [0.5, 0.6) is 0 Å². The molecular formula is C17H20N2O2. The summed E-state index contributed by atoms with van der Waals surface area (Å²) in [6.07, 6.45) is 0. The average molecular weight is 284 g/mol. The second-order valence-electron chi connectivity index (χ2n) is 5.38. The quantitative estimate of drug-likeness (QED) is 0.873. The maximum Gasteiger partial charge on any atom is 0.258 e. The molecule has 0 aliphatic heterocycles. The van der Waals surface area contributed by atoms with Crippen LogP contribution in [0.2, 0.25) is 0 Å². The maximum atomic E-state index is 11.8. The number of benzene rings is 2. The summed E-state index contributed by atoms with van der Waals surface area (Å²) in [5.41, 5.74) is 5.70. The molecule has 0 fully saturated rings. The first-order chi connectivity index (χ1) is 9.94. The van der Waals surface area contributed by atoms with E-state index in [1.165, 1.54) is 0 Å². The predicted octanol–water partition coefficient (Wildman–Crippen LogP) is 1.47. The molecule has 4 nitrogen and oxygen atoms in total. The topological polar surface area (TPSA) is 66.6 Å². The molecule has 0 radical (unpaired) electrons. The van der Waals surface area contributed by atoms with Gasteiger partial charge in [-0.15, -0.1) is 0 Å². The lowest BCUT2D eigenvalue weighted by Gasteiger charge is -2.26. The number of nitrogens with zero attached hydrogens (tertiary/aromatic N) is 1. The Balaban J connectivity index is 2.42. The van der Waals surface area contributed by atoms with Crippen LogP contribution in [0.3, 0.4) is 0 Å². The van der Waals surface area contributed by atoms with Crippen molar-refractivity contribution < 1.29 is 9.90 Å². The fraction of sp³-hybridized carbons (Fsp3) is 0.235. The van der Waals surface area contributed by atoms with Gasteiger partial charge in [-0.1, -0.05) is 54.6 Å². The largest absolute Gasteiger partial charge is 0.372 e. The Labute approximate surface area is 124 Å². The molecule has 1 unspecified atom stereocenters. The molecule has 1 amide bonds. The third-order valence-corrected chi connectivity index (χ3v) is 3.42. The first-order valence-corrected chi connectivity index (χ1v) is 6.76. The van der Waals surface area contributed by atoms with Gasteiger partial charge in [0.05, 0.1) is 0 Å². The van der Waals surface area contributed by atoms with Gasteiger partial charge in [0.1, 0.15) is 0 Å². The molecule has 0 bridgehead atoms. The number of hydrogen-bond acceptors (Lipinski definition) is 3. The number of primary amides is 1. The van der Waals surface area contributed by atoms with E-state index in [1.54, 1.807) is 36.4 Å². The molecule has 0 heterocycles. The molecule has 21 heavy (non-hydrogen) atoms. The Kier molecular flexibility index (Phi) is 4.40. The van der Waals surface area contributed by atoms with E-state index in [1.807, 2.05) is 37.2 Å². The Hall–Kier alpha value is -2.17. The molecule has 4 heteroatoms. The smallest absolute Gasteiger partial charge is 0.258 e. The van der Waals surface area contributed by atoms with E-state index in [0.717, 1.165) is 12.1 Å². The highest BCUT2D eigenvalue weighted by Gasteiger charge is 2.37. The van der Waals surface area contributed by atoms with Crippen molar-refractivity contribution in [1.29, 1.82) is 0 Å². The van der Waals surface area contributed by atoms with Gasteiger partial charge in [0.2, 0.25) is 0 Å². The lowest BCUT2D eigenvalue weighted by atomic mass is 9.85. The van der Waals surface area contributed by atoms with Crippen LogP contribution in [0.4, 0.5) is 0 Å². The minimum atomic E-state index is -1.81. The monoisotopic (exact) mass is 284 g/mol. The zero-order valence-corrected chi connectivity index (χ0v) is 12.3. The molecule has 2 aromatic rings. The van der Waals surface area contributed by atoms with Crippen molar-refractivity contribution in [2.45, 2.75) is 12.1 Å². The van der Waals surface area contributed by atoms with Crippen LogP contribution in [0, 0.1) is 0 Å². The molecule has 110 valence electrons. The highest BCUT2D eigenvalue weighted by molar-refractivity contribution is 5.88. The summed E-state index contributed by atoms with van der Waals surface area (Å²) in [7, 11) is 3.97. The predicted molar refractivity (Wildman–Crippen MR) is 82.5 cm³/mol. The van der Waals surface area contributed by atoms with E-state index in [9.17, 15) is 9.90 Å². The third kappa shape index (κ3) is 3.12. The number of nitrogens with two attached hydrogens (primary N) is 1. The average Bonchev–Trinajstić information content (AvgIpc) is 2.47. The highest BCUT2D eigenvalue weighted by Crippen LogP contribution is 2.29. The van der Waals surface area contributed by atoms with Crippen molar-refractivity contribution in [3.8, 4) is 0 Å². The molecule has 1 atom stereocenters. The molecule has 0 saturated carbocycles. The van der Waals surface area contributed by atoms with E-state index in [0.29, 0.717) is 11.1 Å². The molecular weight excluding hydrogens is 264 g/mol. The van der Waals surface area contributed by atoms with E-state index in [4.69, 9.17) is 5.73 Å². The van der Waals surface area contributed by atoms with Crippen molar-refractivity contribution in [3.63, 3.8) is 0 Å². The SMILES string of the molecule is CN(C)Cc1ccc(C(O)(C(N)=O)c2ccccc2)cc1. The van der Waals surface area contributed by atoms with Gasteiger partial charge in [0.15, 0.2) is 5.60 Å². The third-order valence-electron chi connectivity index (χ3n) is 3.42. The molecule has 2 rings (SSSR count). The van der Waals surface area contributed by atoms with Crippen molar-refractivity contribution >= 4 is 5.91 Å². The molecule has 0 saturated heterocycles. The molecule has 0 aliphatic rings. The normalized spacial score (nSPS) is 13.9. The number of rotatable bonds is 5. The molecule has 0 spiro atoms. The molecule has 2 aromatic carbocycles. The lowest BCUT2D eigenvalue weighted by Crippen LogP contribution is -2.42. The summed E-state index contributed by atoms with van der Waals surface area (Å²) < 4.78 is 0. The van der Waals surface area contributed by atoms with Crippen molar-refractivity contribution in [2.75, 3.05) is 14.1 Å². The van der Waals surface area contributed by atoms with Crippen LogP contribution < -0.4 is 5.73 Å². The van der Waals surface area contributed by atoms with Gasteiger partial charge in [-0.3, -0.25) is 4.79 Å². The lowest BCUT2D eigenvalue weighted by molar-refractivity contribution is -0.133. The van der Waals surface area contributed by atoms with Gasteiger partial charge in [-0.25, -0.2) is 0 Å². The fourth-order valence-corrected chi connectivity index (χ4v) is 2.35. The number of amides is 1. The summed E-state index contributed by atoms with van der Waals surface area (Å²) in [6, 6.07) is 16.0. The molecule has 0 aliphatic carbocycles. The van der Waals surface area contributed by atoms with Crippen LogP contribution in [-0.4, -0.2) is 30.0 Å². The van der Waals surface area contributed by atoms with Crippen LogP contribution >= 0.6 is 0 Å². The zero-order valence-electron chi connectivity index (χ0n) is 12.3. The van der Waals surface area contributed by atoms with Crippen LogP contribution in [0.15, 0.2) is 54.6 Å². The van der Waals surface area contributed by atoms with E-state index in [2.05, 4.69) is 0 Å². The van der Waals surface area contributed by atoms with Crippen molar-refractivity contribution in [1.82, 2.24) is 4.90 Å². The van der Waals surface area contributed by atoms with E-state index in [-0.39, 0.29) is 0 Å². The molecule has 3 N–H and O–H groups in total. The maximum absolute atomic E-state index is 11.8. The van der Waals surface area contributed by atoms with Crippen LogP contribution in [-0.2, 0) is 16.9 Å². The summed E-state index contributed by atoms with van der Waals surface area (Å²) in [5.74, 6) is -0.783. The minimum Gasteiger partial charge on any atom is -0.372 e. The second-order valence-corrected chi connectivity index (χ2v) is 5.38. The van der Waals surface area contributed by atoms with Crippen molar-refractivity contribution in [2.24, 2.45) is 5.73 Å². The summed E-state index contributed by atoms with van der Waals surface area (Å²) in [4.78, 5) is 13.9. The van der Waals surface area contributed by atoms with Gasteiger partial charge in [0, 0.05) is 6.54 Å². The van der Waals surface area contributed by atoms with Gasteiger partial charge >= 0.3 is 0 Å². The van der Waals surface area contributed by atoms with Crippen LogP contribution in [0.1, 0.15) is 16.7 Å².